The minimum absolute atomic E-state index is 0.0894. The van der Waals surface area contributed by atoms with Crippen LogP contribution in [0.25, 0.3) is 0 Å². The van der Waals surface area contributed by atoms with Crippen molar-refractivity contribution in [3.8, 4) is 0 Å². The molecule has 96 valence electrons. The summed E-state index contributed by atoms with van der Waals surface area (Å²) in [6.45, 7) is 5.78. The van der Waals surface area contributed by atoms with E-state index in [9.17, 15) is 9.59 Å². The molecule has 1 amide bonds. The largest absolute Gasteiger partial charge is 0.330 e. The Labute approximate surface area is 103 Å². The zero-order chi connectivity index (χ0) is 13.1. The lowest BCUT2D eigenvalue weighted by molar-refractivity contribution is -0.121. The SMILES string of the molecule is C=C=C(C)NC(=O)CCCC(=O)CCCCN. The summed E-state index contributed by atoms with van der Waals surface area (Å²) in [4.78, 5) is 22.7. The van der Waals surface area contributed by atoms with Crippen LogP contribution in [0, 0.1) is 0 Å². The van der Waals surface area contributed by atoms with Gasteiger partial charge in [0, 0.05) is 19.3 Å². The fourth-order valence-electron chi connectivity index (χ4n) is 1.35. The summed E-state index contributed by atoms with van der Waals surface area (Å²) in [7, 11) is 0. The molecule has 0 spiro atoms. The summed E-state index contributed by atoms with van der Waals surface area (Å²) < 4.78 is 0. The molecule has 0 bridgehead atoms. The van der Waals surface area contributed by atoms with Crippen LogP contribution in [0.1, 0.15) is 45.4 Å². The van der Waals surface area contributed by atoms with Gasteiger partial charge < -0.3 is 11.1 Å². The smallest absolute Gasteiger partial charge is 0.224 e. The molecule has 0 aliphatic rings. The molecule has 0 fully saturated rings. The third-order valence-corrected chi connectivity index (χ3v) is 2.36. The number of carbonyl (C=O) groups excluding carboxylic acids is 2. The van der Waals surface area contributed by atoms with E-state index in [0.29, 0.717) is 37.9 Å². The highest BCUT2D eigenvalue weighted by molar-refractivity contribution is 5.80. The molecule has 0 atom stereocenters. The molecular weight excluding hydrogens is 216 g/mol. The summed E-state index contributed by atoms with van der Waals surface area (Å²) in [5, 5.41) is 2.63. The van der Waals surface area contributed by atoms with Crippen LogP contribution in [-0.2, 0) is 9.59 Å². The summed E-state index contributed by atoms with van der Waals surface area (Å²) in [6, 6.07) is 0. The first-order valence-corrected chi connectivity index (χ1v) is 5.98. The summed E-state index contributed by atoms with van der Waals surface area (Å²) in [6.07, 6.45) is 3.73. The average molecular weight is 238 g/mol. The molecule has 0 radical (unpaired) electrons. The van der Waals surface area contributed by atoms with Crippen molar-refractivity contribution in [1.82, 2.24) is 5.32 Å². The standard InChI is InChI=1S/C13H22N2O2/c1-3-11(2)15-13(17)9-6-8-12(16)7-4-5-10-14/h1,4-10,14H2,2H3,(H,15,17). The van der Waals surface area contributed by atoms with Gasteiger partial charge in [0.05, 0.1) is 5.70 Å². The number of amides is 1. The number of nitrogens with two attached hydrogens (primary N) is 1. The number of carbonyl (C=O) groups is 2. The number of ketones is 1. The van der Waals surface area contributed by atoms with E-state index >= 15 is 0 Å². The van der Waals surface area contributed by atoms with Crippen molar-refractivity contribution in [2.75, 3.05) is 6.54 Å². The van der Waals surface area contributed by atoms with Crippen molar-refractivity contribution in [2.45, 2.75) is 45.4 Å². The summed E-state index contributed by atoms with van der Waals surface area (Å²) >= 11 is 0. The van der Waals surface area contributed by atoms with Gasteiger partial charge in [0.2, 0.25) is 5.91 Å². The van der Waals surface area contributed by atoms with E-state index < -0.39 is 0 Å². The van der Waals surface area contributed by atoms with Gasteiger partial charge in [-0.15, -0.1) is 5.73 Å². The van der Waals surface area contributed by atoms with Crippen molar-refractivity contribution < 1.29 is 9.59 Å². The minimum atomic E-state index is -0.0894. The van der Waals surface area contributed by atoms with Crippen LogP contribution >= 0.6 is 0 Å². The van der Waals surface area contributed by atoms with Crippen LogP contribution in [0.4, 0.5) is 0 Å². The molecule has 0 unspecified atom stereocenters. The van der Waals surface area contributed by atoms with E-state index in [1.165, 1.54) is 0 Å². The molecule has 0 heterocycles. The summed E-state index contributed by atoms with van der Waals surface area (Å²) in [5.41, 5.74) is 8.54. The second kappa shape index (κ2) is 9.82. The van der Waals surface area contributed by atoms with Crippen molar-refractivity contribution in [2.24, 2.45) is 5.73 Å². The fourth-order valence-corrected chi connectivity index (χ4v) is 1.35. The van der Waals surface area contributed by atoms with E-state index in [1.54, 1.807) is 6.92 Å². The van der Waals surface area contributed by atoms with Gasteiger partial charge in [-0.2, -0.15) is 0 Å². The van der Waals surface area contributed by atoms with Gasteiger partial charge >= 0.3 is 0 Å². The van der Waals surface area contributed by atoms with Crippen LogP contribution < -0.4 is 11.1 Å². The van der Waals surface area contributed by atoms with Crippen LogP contribution in [0.15, 0.2) is 18.0 Å². The molecular formula is C13H22N2O2. The van der Waals surface area contributed by atoms with Crippen LogP contribution in [-0.4, -0.2) is 18.2 Å². The minimum Gasteiger partial charge on any atom is -0.330 e. The molecule has 3 N–H and O–H groups in total. The van der Waals surface area contributed by atoms with Gasteiger partial charge in [-0.05, 0) is 32.7 Å². The first-order valence-electron chi connectivity index (χ1n) is 5.98. The topological polar surface area (TPSA) is 72.2 Å². The Morgan fingerprint density at radius 1 is 1.18 bits per heavy atom. The highest BCUT2D eigenvalue weighted by atomic mass is 16.1. The van der Waals surface area contributed by atoms with Crippen molar-refractivity contribution in [3.05, 3.63) is 18.0 Å². The predicted molar refractivity (Wildman–Crippen MR) is 68.2 cm³/mol. The first-order chi connectivity index (χ1) is 8.10. The zero-order valence-electron chi connectivity index (χ0n) is 10.6. The summed E-state index contributed by atoms with van der Waals surface area (Å²) in [5.74, 6) is 0.121. The highest BCUT2D eigenvalue weighted by Gasteiger charge is 2.05. The van der Waals surface area contributed by atoms with E-state index in [-0.39, 0.29) is 11.7 Å². The van der Waals surface area contributed by atoms with Crippen molar-refractivity contribution in [3.63, 3.8) is 0 Å². The molecule has 0 rings (SSSR count). The van der Waals surface area contributed by atoms with Crippen LogP contribution in [0.3, 0.4) is 0 Å². The molecule has 17 heavy (non-hydrogen) atoms. The third-order valence-electron chi connectivity index (χ3n) is 2.36. The molecule has 0 aromatic carbocycles. The lowest BCUT2D eigenvalue weighted by Crippen LogP contribution is -2.20. The number of Topliss-reactive ketones (excluding diaryl/α,β-unsaturated/α-hetero) is 1. The van der Waals surface area contributed by atoms with Gasteiger partial charge in [-0.25, -0.2) is 0 Å². The van der Waals surface area contributed by atoms with Gasteiger partial charge in [0.25, 0.3) is 0 Å². The van der Waals surface area contributed by atoms with E-state index in [1.807, 2.05) is 0 Å². The Kier molecular flexibility index (Phi) is 9.02. The van der Waals surface area contributed by atoms with Crippen LogP contribution in [0.5, 0.6) is 0 Å². The Bertz CT molecular complexity index is 305. The Balaban J connectivity index is 3.59. The van der Waals surface area contributed by atoms with Gasteiger partial charge in [-0.3, -0.25) is 9.59 Å². The second-order valence-electron chi connectivity index (χ2n) is 3.99. The lowest BCUT2D eigenvalue weighted by atomic mass is 10.1. The molecule has 0 aromatic rings. The first kappa shape index (κ1) is 15.6. The van der Waals surface area contributed by atoms with E-state index in [0.717, 1.165) is 12.8 Å². The molecule has 4 heteroatoms. The normalized spacial score (nSPS) is 9.53. The predicted octanol–water partition coefficient (Wildman–Crippen LogP) is 1.66. The Morgan fingerprint density at radius 3 is 2.41 bits per heavy atom. The van der Waals surface area contributed by atoms with Gasteiger partial charge in [0.15, 0.2) is 0 Å². The number of hydrogen-bond acceptors (Lipinski definition) is 3. The highest BCUT2D eigenvalue weighted by Crippen LogP contribution is 2.03. The molecule has 0 saturated heterocycles. The maximum Gasteiger partial charge on any atom is 0.224 e. The Morgan fingerprint density at radius 2 is 1.82 bits per heavy atom. The molecule has 0 aromatic heterocycles. The quantitative estimate of drug-likeness (QED) is 0.474. The van der Waals surface area contributed by atoms with Gasteiger partial charge in [-0.1, -0.05) is 6.58 Å². The number of hydrogen-bond donors (Lipinski definition) is 2. The average Bonchev–Trinajstić information content (AvgIpc) is 2.29. The molecule has 4 nitrogen and oxygen atoms in total. The zero-order valence-corrected chi connectivity index (χ0v) is 10.6. The monoisotopic (exact) mass is 238 g/mol. The molecule has 0 aliphatic heterocycles. The van der Waals surface area contributed by atoms with Crippen LogP contribution in [0.2, 0.25) is 0 Å². The lowest BCUT2D eigenvalue weighted by Gasteiger charge is -2.03. The Hall–Kier alpha value is -1.38. The third kappa shape index (κ3) is 9.54. The second-order valence-corrected chi connectivity index (χ2v) is 3.99. The number of nitrogens with one attached hydrogen (secondary N) is 1. The number of allylic oxidation sites excluding steroid dienone is 1. The maximum atomic E-state index is 11.4. The van der Waals surface area contributed by atoms with E-state index in [4.69, 9.17) is 5.73 Å². The van der Waals surface area contributed by atoms with Crippen molar-refractivity contribution in [1.29, 1.82) is 0 Å². The maximum absolute atomic E-state index is 11.4. The van der Waals surface area contributed by atoms with Crippen molar-refractivity contribution >= 4 is 11.7 Å². The van der Waals surface area contributed by atoms with E-state index in [2.05, 4.69) is 17.6 Å². The fraction of sp³-hybridized carbons (Fsp3) is 0.615. The molecule has 0 saturated carbocycles. The molecule has 0 aliphatic carbocycles. The number of rotatable bonds is 9. The number of unbranched alkanes of at least 4 members (excludes halogenated alkanes) is 1. The van der Waals surface area contributed by atoms with Gasteiger partial charge in [0.1, 0.15) is 5.78 Å².